The van der Waals surface area contributed by atoms with Crippen LogP contribution in [0.25, 0.3) is 11.5 Å². The van der Waals surface area contributed by atoms with Gasteiger partial charge in [-0.2, -0.15) is 4.98 Å². The van der Waals surface area contributed by atoms with Crippen molar-refractivity contribution in [2.45, 2.75) is 6.42 Å². The second-order valence-electron chi connectivity index (χ2n) is 4.44. The quantitative estimate of drug-likeness (QED) is 0.533. The molecule has 0 atom stereocenters. The molecule has 0 radical (unpaired) electrons. The van der Waals surface area contributed by atoms with Gasteiger partial charge in [-0.1, -0.05) is 34.4 Å². The molecular formula is C15H9Cl2IN2O. The normalized spacial score (nSPS) is 10.8. The summed E-state index contributed by atoms with van der Waals surface area (Å²) in [5.41, 5.74) is 1.81. The minimum absolute atomic E-state index is 0.504. The molecule has 0 aliphatic heterocycles. The van der Waals surface area contributed by atoms with Gasteiger partial charge in [0, 0.05) is 25.6 Å². The molecule has 0 fully saturated rings. The summed E-state index contributed by atoms with van der Waals surface area (Å²) in [4.78, 5) is 4.40. The molecule has 0 saturated heterocycles. The van der Waals surface area contributed by atoms with Crippen molar-refractivity contribution in [3.05, 3.63) is 67.5 Å². The number of rotatable bonds is 3. The van der Waals surface area contributed by atoms with Gasteiger partial charge in [-0.05, 0) is 64.6 Å². The van der Waals surface area contributed by atoms with E-state index in [1.54, 1.807) is 12.1 Å². The summed E-state index contributed by atoms with van der Waals surface area (Å²) in [5, 5.41) is 5.20. The molecule has 0 saturated carbocycles. The van der Waals surface area contributed by atoms with Crippen LogP contribution in [0.1, 0.15) is 11.4 Å². The fourth-order valence-corrected chi connectivity index (χ4v) is 2.71. The van der Waals surface area contributed by atoms with Gasteiger partial charge < -0.3 is 4.52 Å². The monoisotopic (exact) mass is 430 g/mol. The molecular weight excluding hydrogens is 422 g/mol. The van der Waals surface area contributed by atoms with Crippen LogP contribution in [0.15, 0.2) is 47.0 Å². The summed E-state index contributed by atoms with van der Waals surface area (Å²) in [6.45, 7) is 0. The summed E-state index contributed by atoms with van der Waals surface area (Å²) in [6.07, 6.45) is 0.504. The molecule has 21 heavy (non-hydrogen) atoms. The zero-order chi connectivity index (χ0) is 14.8. The fourth-order valence-electron chi connectivity index (χ4n) is 1.87. The zero-order valence-corrected chi connectivity index (χ0v) is 14.4. The third-order valence-electron chi connectivity index (χ3n) is 2.92. The highest BCUT2D eigenvalue weighted by Crippen LogP contribution is 2.24. The highest BCUT2D eigenvalue weighted by atomic mass is 127. The van der Waals surface area contributed by atoms with Gasteiger partial charge in [-0.15, -0.1) is 0 Å². The average Bonchev–Trinajstić information content (AvgIpc) is 2.91. The van der Waals surface area contributed by atoms with Crippen LogP contribution in [0.5, 0.6) is 0 Å². The van der Waals surface area contributed by atoms with E-state index < -0.39 is 0 Å². The van der Waals surface area contributed by atoms with E-state index in [0.717, 1.165) is 14.7 Å². The molecule has 0 amide bonds. The lowest BCUT2D eigenvalue weighted by atomic mass is 10.1. The SMILES string of the molecule is Clc1ccc(Cc2noc(-c3ccc(I)cc3)n2)c(Cl)c1. The molecule has 3 aromatic rings. The molecule has 1 heterocycles. The van der Waals surface area contributed by atoms with Crippen LogP contribution < -0.4 is 0 Å². The summed E-state index contributed by atoms with van der Waals surface area (Å²) in [6, 6.07) is 13.3. The Bertz CT molecular complexity index is 772. The van der Waals surface area contributed by atoms with Crippen molar-refractivity contribution in [3.63, 3.8) is 0 Å². The molecule has 106 valence electrons. The molecule has 6 heteroatoms. The van der Waals surface area contributed by atoms with Gasteiger partial charge in [-0.3, -0.25) is 0 Å². The van der Waals surface area contributed by atoms with Crippen molar-refractivity contribution in [2.75, 3.05) is 0 Å². The fraction of sp³-hybridized carbons (Fsp3) is 0.0667. The topological polar surface area (TPSA) is 38.9 Å². The van der Waals surface area contributed by atoms with E-state index in [-0.39, 0.29) is 0 Å². The summed E-state index contributed by atoms with van der Waals surface area (Å²) < 4.78 is 6.45. The second kappa shape index (κ2) is 6.34. The molecule has 0 aliphatic carbocycles. The Morgan fingerprint density at radius 1 is 1.05 bits per heavy atom. The lowest BCUT2D eigenvalue weighted by Gasteiger charge is -2.00. The van der Waals surface area contributed by atoms with E-state index in [1.165, 1.54) is 0 Å². The van der Waals surface area contributed by atoms with Crippen LogP contribution in [0.3, 0.4) is 0 Å². The van der Waals surface area contributed by atoms with E-state index in [0.29, 0.717) is 28.2 Å². The molecule has 1 aromatic heterocycles. The molecule has 0 unspecified atom stereocenters. The zero-order valence-electron chi connectivity index (χ0n) is 10.7. The third kappa shape index (κ3) is 3.56. The van der Waals surface area contributed by atoms with E-state index >= 15 is 0 Å². The predicted octanol–water partition coefficient (Wildman–Crippen LogP) is 5.24. The Hall–Kier alpha value is -1.11. The number of hydrogen-bond acceptors (Lipinski definition) is 3. The maximum atomic E-state index is 6.15. The van der Waals surface area contributed by atoms with Crippen molar-refractivity contribution in [3.8, 4) is 11.5 Å². The molecule has 3 nitrogen and oxygen atoms in total. The Morgan fingerprint density at radius 3 is 2.52 bits per heavy atom. The summed E-state index contributed by atoms with van der Waals surface area (Å²) >= 11 is 14.3. The van der Waals surface area contributed by atoms with E-state index in [2.05, 4.69) is 32.7 Å². The maximum absolute atomic E-state index is 6.15. The van der Waals surface area contributed by atoms with Crippen molar-refractivity contribution in [1.29, 1.82) is 0 Å². The van der Waals surface area contributed by atoms with Crippen LogP contribution in [0, 0.1) is 3.57 Å². The van der Waals surface area contributed by atoms with Gasteiger partial charge in [-0.25, -0.2) is 0 Å². The first-order chi connectivity index (χ1) is 10.1. The Balaban J connectivity index is 1.83. The van der Waals surface area contributed by atoms with E-state index in [4.69, 9.17) is 27.7 Å². The predicted molar refractivity (Wildman–Crippen MR) is 91.7 cm³/mol. The van der Waals surface area contributed by atoms with Crippen molar-refractivity contribution in [2.24, 2.45) is 0 Å². The standard InChI is InChI=1S/C15H9Cl2IN2O/c16-11-4-1-10(13(17)8-11)7-14-19-15(21-20-14)9-2-5-12(18)6-3-9/h1-6,8H,7H2. The highest BCUT2D eigenvalue weighted by Gasteiger charge is 2.11. The largest absolute Gasteiger partial charge is 0.334 e. The Kier molecular flexibility index (Phi) is 4.47. The third-order valence-corrected chi connectivity index (χ3v) is 4.23. The minimum atomic E-state index is 0.504. The first kappa shape index (κ1) is 14.8. The number of halogens is 3. The first-order valence-electron chi connectivity index (χ1n) is 6.14. The van der Waals surface area contributed by atoms with E-state index in [9.17, 15) is 0 Å². The smallest absolute Gasteiger partial charge is 0.257 e. The van der Waals surface area contributed by atoms with E-state index in [1.807, 2.05) is 30.3 Å². The average molecular weight is 431 g/mol. The van der Waals surface area contributed by atoms with Crippen LogP contribution in [-0.4, -0.2) is 10.1 Å². The number of aromatic nitrogens is 2. The van der Waals surface area contributed by atoms with Gasteiger partial charge in [0.15, 0.2) is 5.82 Å². The first-order valence-corrected chi connectivity index (χ1v) is 7.98. The van der Waals surface area contributed by atoms with Crippen molar-refractivity contribution >= 4 is 45.8 Å². The summed E-state index contributed by atoms with van der Waals surface area (Å²) in [7, 11) is 0. The van der Waals surface area contributed by atoms with Crippen molar-refractivity contribution in [1.82, 2.24) is 10.1 Å². The van der Waals surface area contributed by atoms with Gasteiger partial charge in [0.25, 0.3) is 5.89 Å². The van der Waals surface area contributed by atoms with Crippen LogP contribution >= 0.6 is 45.8 Å². The lowest BCUT2D eigenvalue weighted by Crippen LogP contribution is -1.92. The van der Waals surface area contributed by atoms with Crippen molar-refractivity contribution < 1.29 is 4.52 Å². The summed E-state index contributed by atoms with van der Waals surface area (Å²) in [5.74, 6) is 1.10. The van der Waals surface area contributed by atoms with Gasteiger partial charge in [0.05, 0.1) is 0 Å². The molecule has 0 bridgehead atoms. The lowest BCUT2D eigenvalue weighted by molar-refractivity contribution is 0.424. The number of hydrogen-bond donors (Lipinski definition) is 0. The Morgan fingerprint density at radius 2 is 1.81 bits per heavy atom. The van der Waals surface area contributed by atoms with Crippen LogP contribution in [0.2, 0.25) is 10.0 Å². The van der Waals surface area contributed by atoms with Crippen LogP contribution in [-0.2, 0) is 6.42 Å². The van der Waals surface area contributed by atoms with Gasteiger partial charge in [0.2, 0.25) is 0 Å². The number of nitrogens with zero attached hydrogens (tertiary/aromatic N) is 2. The molecule has 0 aliphatic rings. The molecule has 3 rings (SSSR count). The maximum Gasteiger partial charge on any atom is 0.257 e. The molecule has 0 N–H and O–H groups in total. The minimum Gasteiger partial charge on any atom is -0.334 e. The van der Waals surface area contributed by atoms with Gasteiger partial charge in [0.1, 0.15) is 0 Å². The Labute approximate surface area is 145 Å². The number of benzene rings is 2. The highest BCUT2D eigenvalue weighted by molar-refractivity contribution is 14.1. The molecule has 2 aromatic carbocycles. The molecule has 0 spiro atoms. The van der Waals surface area contributed by atoms with Crippen LogP contribution in [0.4, 0.5) is 0 Å². The van der Waals surface area contributed by atoms with Gasteiger partial charge >= 0.3 is 0 Å². The second-order valence-corrected chi connectivity index (χ2v) is 6.52.